The first-order valence-corrected chi connectivity index (χ1v) is 12.0. The lowest BCUT2D eigenvalue weighted by atomic mass is 10.0. The summed E-state index contributed by atoms with van der Waals surface area (Å²) in [5, 5.41) is 7.75. The van der Waals surface area contributed by atoms with Gasteiger partial charge in [-0.3, -0.25) is 14.5 Å². The van der Waals surface area contributed by atoms with Gasteiger partial charge in [0.05, 0.1) is 11.2 Å². The highest BCUT2D eigenvalue weighted by Gasteiger charge is 2.32. The van der Waals surface area contributed by atoms with Gasteiger partial charge in [0.2, 0.25) is 0 Å². The van der Waals surface area contributed by atoms with Crippen molar-refractivity contribution >= 4 is 11.9 Å². The topological polar surface area (TPSA) is 83.1 Å². The van der Waals surface area contributed by atoms with E-state index in [0.29, 0.717) is 5.82 Å². The van der Waals surface area contributed by atoms with Crippen LogP contribution >= 0.6 is 0 Å². The third-order valence-corrected chi connectivity index (χ3v) is 6.41. The summed E-state index contributed by atoms with van der Waals surface area (Å²) in [6.45, 7) is 10.4. The van der Waals surface area contributed by atoms with E-state index < -0.39 is 6.09 Å². The van der Waals surface area contributed by atoms with Gasteiger partial charge in [-0.25, -0.2) is 14.3 Å². The SMILES string of the molecule is CC(C)n1ccn([C@@H]2CC[C@H](c3cc(NC(=O)OCc4ccccc4)n(C(C)(C)C)n3)C2)c1=O. The van der Waals surface area contributed by atoms with Crippen LogP contribution in [-0.2, 0) is 16.9 Å². The average molecular weight is 466 g/mol. The monoisotopic (exact) mass is 465 g/mol. The van der Waals surface area contributed by atoms with E-state index in [1.165, 1.54) is 0 Å². The summed E-state index contributed by atoms with van der Waals surface area (Å²) >= 11 is 0. The number of nitrogens with one attached hydrogen (secondary N) is 1. The largest absolute Gasteiger partial charge is 0.444 e. The molecule has 0 saturated heterocycles. The van der Waals surface area contributed by atoms with Crippen LogP contribution in [0.5, 0.6) is 0 Å². The Labute approximate surface area is 200 Å². The predicted octanol–water partition coefficient (Wildman–Crippen LogP) is 5.44. The van der Waals surface area contributed by atoms with Crippen LogP contribution < -0.4 is 11.0 Å². The molecule has 2 heterocycles. The Morgan fingerprint density at radius 2 is 1.91 bits per heavy atom. The van der Waals surface area contributed by atoms with Crippen LogP contribution in [0.4, 0.5) is 10.6 Å². The summed E-state index contributed by atoms with van der Waals surface area (Å²) < 4.78 is 10.9. The van der Waals surface area contributed by atoms with Gasteiger partial charge < -0.3 is 4.74 Å². The second kappa shape index (κ2) is 9.52. The van der Waals surface area contributed by atoms with Crippen LogP contribution in [-0.4, -0.2) is 25.0 Å². The molecule has 8 heteroatoms. The van der Waals surface area contributed by atoms with Gasteiger partial charge in [-0.2, -0.15) is 5.10 Å². The highest BCUT2D eigenvalue weighted by molar-refractivity contribution is 5.83. The molecule has 0 spiro atoms. The molecule has 1 amide bonds. The molecule has 0 bridgehead atoms. The molecule has 34 heavy (non-hydrogen) atoms. The molecular weight excluding hydrogens is 430 g/mol. The maximum Gasteiger partial charge on any atom is 0.413 e. The molecule has 182 valence electrons. The van der Waals surface area contributed by atoms with E-state index in [1.807, 2.05) is 71.9 Å². The zero-order valence-corrected chi connectivity index (χ0v) is 20.7. The van der Waals surface area contributed by atoms with Crippen molar-refractivity contribution in [2.75, 3.05) is 5.32 Å². The Kier molecular flexibility index (Phi) is 6.68. The zero-order valence-electron chi connectivity index (χ0n) is 20.7. The summed E-state index contributed by atoms with van der Waals surface area (Å²) in [6.07, 6.45) is 5.99. The van der Waals surface area contributed by atoms with Crippen molar-refractivity contribution in [1.29, 1.82) is 0 Å². The number of nitrogens with zero attached hydrogens (tertiary/aromatic N) is 4. The number of benzene rings is 1. The van der Waals surface area contributed by atoms with E-state index in [0.717, 1.165) is 30.5 Å². The minimum atomic E-state index is -0.508. The quantitative estimate of drug-likeness (QED) is 0.525. The van der Waals surface area contributed by atoms with Crippen LogP contribution in [0.1, 0.15) is 83.1 Å². The lowest BCUT2D eigenvalue weighted by Gasteiger charge is -2.22. The number of carbonyl (C=O) groups is 1. The van der Waals surface area contributed by atoms with Crippen molar-refractivity contribution in [2.24, 2.45) is 0 Å². The van der Waals surface area contributed by atoms with E-state index >= 15 is 0 Å². The Bertz CT molecular complexity index is 1180. The highest BCUT2D eigenvalue weighted by Crippen LogP contribution is 2.41. The molecule has 2 atom stereocenters. The Balaban J connectivity index is 1.48. The fourth-order valence-electron chi connectivity index (χ4n) is 4.62. The number of anilines is 1. The number of rotatable bonds is 6. The molecule has 1 fully saturated rings. The standard InChI is InChI=1S/C26H35N5O3/c1-18(2)29-13-14-30(25(29)33)21-12-11-20(15-21)22-16-23(31(28-22)26(3,4)5)27-24(32)34-17-19-9-7-6-8-10-19/h6-10,13-14,16,18,20-21H,11-12,15,17H2,1-5H3,(H,27,32)/t20-,21+/m0/s1. The molecule has 8 nitrogen and oxygen atoms in total. The van der Waals surface area contributed by atoms with Crippen LogP contribution in [0.15, 0.2) is 53.6 Å². The minimum Gasteiger partial charge on any atom is -0.444 e. The fraction of sp³-hybridized carbons (Fsp3) is 0.500. The third-order valence-electron chi connectivity index (χ3n) is 6.41. The van der Waals surface area contributed by atoms with E-state index in [-0.39, 0.29) is 35.8 Å². The second-order valence-electron chi connectivity index (χ2n) is 10.4. The molecule has 1 aromatic carbocycles. The lowest BCUT2D eigenvalue weighted by Crippen LogP contribution is -2.27. The molecule has 1 aliphatic carbocycles. The smallest absolute Gasteiger partial charge is 0.413 e. The van der Waals surface area contributed by atoms with Gasteiger partial charge in [0, 0.05) is 36.5 Å². The molecule has 4 rings (SSSR count). The molecule has 0 unspecified atom stereocenters. The first-order valence-electron chi connectivity index (χ1n) is 12.0. The van der Waals surface area contributed by atoms with Crippen LogP contribution in [0.2, 0.25) is 0 Å². The Hall–Kier alpha value is -3.29. The molecule has 2 aromatic heterocycles. The van der Waals surface area contributed by atoms with E-state index in [2.05, 4.69) is 26.1 Å². The summed E-state index contributed by atoms with van der Waals surface area (Å²) in [5.74, 6) is 0.843. The lowest BCUT2D eigenvalue weighted by molar-refractivity contribution is 0.154. The normalized spacial score (nSPS) is 18.4. The Morgan fingerprint density at radius 3 is 2.56 bits per heavy atom. The summed E-state index contributed by atoms with van der Waals surface area (Å²) in [5.41, 5.74) is 1.60. The van der Waals surface area contributed by atoms with E-state index in [1.54, 1.807) is 4.57 Å². The molecule has 1 saturated carbocycles. The molecule has 1 aliphatic rings. The van der Waals surface area contributed by atoms with Gasteiger partial charge >= 0.3 is 11.8 Å². The minimum absolute atomic E-state index is 0.0457. The van der Waals surface area contributed by atoms with Gasteiger partial charge in [0.1, 0.15) is 12.4 Å². The number of aromatic nitrogens is 4. The summed E-state index contributed by atoms with van der Waals surface area (Å²) in [7, 11) is 0. The maximum atomic E-state index is 12.8. The molecular formula is C26H35N5O3. The molecule has 0 aliphatic heterocycles. The first-order chi connectivity index (χ1) is 16.1. The van der Waals surface area contributed by atoms with E-state index in [9.17, 15) is 9.59 Å². The van der Waals surface area contributed by atoms with Crippen molar-refractivity contribution < 1.29 is 9.53 Å². The first kappa shape index (κ1) is 23.9. The van der Waals surface area contributed by atoms with Gasteiger partial charge in [-0.05, 0) is 59.4 Å². The van der Waals surface area contributed by atoms with Crippen molar-refractivity contribution in [3.05, 3.63) is 70.5 Å². The number of amides is 1. The van der Waals surface area contributed by atoms with E-state index in [4.69, 9.17) is 9.84 Å². The number of imidazole rings is 1. The van der Waals surface area contributed by atoms with Crippen LogP contribution in [0, 0.1) is 0 Å². The molecule has 1 N–H and O–H groups in total. The number of hydrogen-bond acceptors (Lipinski definition) is 4. The second-order valence-corrected chi connectivity index (χ2v) is 10.4. The predicted molar refractivity (Wildman–Crippen MR) is 132 cm³/mol. The number of ether oxygens (including phenoxy) is 1. The van der Waals surface area contributed by atoms with Crippen molar-refractivity contribution in [1.82, 2.24) is 18.9 Å². The number of hydrogen-bond donors (Lipinski definition) is 1. The van der Waals surface area contributed by atoms with Gasteiger partial charge in [-0.15, -0.1) is 0 Å². The third kappa shape index (κ3) is 5.11. The van der Waals surface area contributed by atoms with Crippen LogP contribution in [0.3, 0.4) is 0 Å². The molecule has 3 aromatic rings. The van der Waals surface area contributed by atoms with Gasteiger partial charge in [0.15, 0.2) is 0 Å². The van der Waals surface area contributed by atoms with Crippen LogP contribution in [0.25, 0.3) is 0 Å². The van der Waals surface area contributed by atoms with Gasteiger partial charge in [-0.1, -0.05) is 30.3 Å². The average Bonchev–Trinajstić information content (AvgIpc) is 3.50. The van der Waals surface area contributed by atoms with Crippen molar-refractivity contribution in [2.45, 2.75) is 84.0 Å². The fourth-order valence-corrected chi connectivity index (χ4v) is 4.62. The maximum absolute atomic E-state index is 12.8. The van der Waals surface area contributed by atoms with Gasteiger partial charge in [0.25, 0.3) is 0 Å². The number of carbonyl (C=O) groups excluding carboxylic acids is 1. The molecule has 0 radical (unpaired) electrons. The Morgan fingerprint density at radius 1 is 1.18 bits per heavy atom. The summed E-state index contributed by atoms with van der Waals surface area (Å²) in [4.78, 5) is 25.3. The highest BCUT2D eigenvalue weighted by atomic mass is 16.5. The van der Waals surface area contributed by atoms with Crippen molar-refractivity contribution in [3.63, 3.8) is 0 Å². The zero-order chi connectivity index (χ0) is 24.5. The van der Waals surface area contributed by atoms with Crippen molar-refractivity contribution in [3.8, 4) is 0 Å². The summed E-state index contributed by atoms with van der Waals surface area (Å²) in [6, 6.07) is 11.8.